The summed E-state index contributed by atoms with van der Waals surface area (Å²) in [6, 6.07) is 10.3. The number of nitrogens with zero attached hydrogens (tertiary/aromatic N) is 3. The monoisotopic (exact) mass is 325 g/mol. The van der Waals surface area contributed by atoms with Crippen LogP contribution in [0.3, 0.4) is 0 Å². The fourth-order valence-electron chi connectivity index (χ4n) is 4.03. The summed E-state index contributed by atoms with van der Waals surface area (Å²) in [5.74, 6) is 0.462. The fourth-order valence-corrected chi connectivity index (χ4v) is 4.03. The molecule has 0 bridgehead atoms. The van der Waals surface area contributed by atoms with Crippen molar-refractivity contribution < 1.29 is 9.90 Å². The van der Waals surface area contributed by atoms with Gasteiger partial charge in [0.05, 0.1) is 6.04 Å². The van der Waals surface area contributed by atoms with E-state index in [0.29, 0.717) is 17.7 Å². The molecule has 1 aliphatic heterocycles. The molecule has 0 amide bonds. The highest BCUT2D eigenvalue weighted by atomic mass is 16.4. The maximum Gasteiger partial charge on any atom is 0.323 e. The van der Waals surface area contributed by atoms with Crippen LogP contribution in [0.15, 0.2) is 47.5 Å². The Morgan fingerprint density at radius 1 is 1.25 bits per heavy atom. The number of anilines is 1. The lowest BCUT2D eigenvalue weighted by Gasteiger charge is -2.34. The molecule has 2 aliphatic rings. The Morgan fingerprint density at radius 2 is 2.04 bits per heavy atom. The second-order valence-corrected chi connectivity index (χ2v) is 6.59. The maximum atomic E-state index is 12.7. The average Bonchev–Trinajstić information content (AvgIpc) is 2.81. The van der Waals surface area contributed by atoms with Crippen LogP contribution in [-0.4, -0.2) is 27.2 Å². The van der Waals surface area contributed by atoms with E-state index in [2.05, 4.69) is 22.0 Å². The Labute approximate surface area is 139 Å². The molecular formula is C18H19N3O3. The number of fused-ring (bicyclic) bond motifs is 1. The van der Waals surface area contributed by atoms with Crippen molar-refractivity contribution in [2.75, 3.05) is 11.4 Å². The molecule has 6 heteroatoms. The van der Waals surface area contributed by atoms with Crippen LogP contribution in [0.1, 0.15) is 24.4 Å². The van der Waals surface area contributed by atoms with Gasteiger partial charge in [0.2, 0.25) is 0 Å². The van der Waals surface area contributed by atoms with E-state index in [1.807, 2.05) is 18.2 Å². The second-order valence-electron chi connectivity index (χ2n) is 6.59. The molecule has 0 radical (unpaired) electrons. The highest BCUT2D eigenvalue weighted by Crippen LogP contribution is 2.52. The van der Waals surface area contributed by atoms with Crippen molar-refractivity contribution in [1.29, 1.82) is 0 Å². The lowest BCUT2D eigenvalue weighted by atomic mass is 9.71. The third-order valence-corrected chi connectivity index (χ3v) is 5.26. The van der Waals surface area contributed by atoms with E-state index in [1.165, 1.54) is 28.9 Å². The van der Waals surface area contributed by atoms with Crippen LogP contribution < -0.4 is 10.5 Å². The van der Waals surface area contributed by atoms with Crippen molar-refractivity contribution in [2.45, 2.75) is 25.4 Å². The quantitative estimate of drug-likeness (QED) is 0.929. The van der Waals surface area contributed by atoms with Crippen LogP contribution in [0.2, 0.25) is 0 Å². The highest BCUT2D eigenvalue weighted by molar-refractivity contribution is 5.66. The van der Waals surface area contributed by atoms with Crippen LogP contribution in [0.5, 0.6) is 0 Å². The van der Waals surface area contributed by atoms with E-state index in [1.54, 1.807) is 0 Å². The lowest BCUT2D eigenvalue weighted by molar-refractivity contribution is -0.137. The largest absolute Gasteiger partial charge is 0.480 e. The lowest BCUT2D eigenvalue weighted by Crippen LogP contribution is -2.34. The molecule has 2 fully saturated rings. The second kappa shape index (κ2) is 5.78. The number of aliphatic carboxylic acids is 1. The van der Waals surface area contributed by atoms with Gasteiger partial charge < -0.3 is 10.0 Å². The zero-order valence-electron chi connectivity index (χ0n) is 13.2. The van der Waals surface area contributed by atoms with E-state index in [9.17, 15) is 9.59 Å². The Morgan fingerprint density at radius 3 is 2.71 bits per heavy atom. The molecular weight excluding hydrogens is 306 g/mol. The average molecular weight is 325 g/mol. The Kier molecular flexibility index (Phi) is 3.59. The number of hydrogen-bond acceptors (Lipinski definition) is 4. The molecule has 2 heterocycles. The van der Waals surface area contributed by atoms with Gasteiger partial charge in [0.1, 0.15) is 6.54 Å². The molecule has 4 rings (SSSR count). The molecule has 6 nitrogen and oxygen atoms in total. The predicted octanol–water partition coefficient (Wildman–Crippen LogP) is 1.92. The minimum atomic E-state index is -1.03. The van der Waals surface area contributed by atoms with Gasteiger partial charge in [-0.05, 0) is 30.2 Å². The molecule has 3 atom stereocenters. The third kappa shape index (κ3) is 2.38. The van der Waals surface area contributed by atoms with Crippen molar-refractivity contribution in [3.8, 4) is 0 Å². The fraction of sp³-hybridized carbons (Fsp3) is 0.389. The number of aromatic nitrogens is 2. The summed E-state index contributed by atoms with van der Waals surface area (Å²) in [6.45, 7) is 0.467. The SMILES string of the molecule is O=C(O)Cn1ccnc(N2C[C@@H]3CC[C@@H]3[C@@H]2c2ccccc2)c1=O. The predicted molar refractivity (Wildman–Crippen MR) is 88.9 cm³/mol. The molecule has 1 aromatic carbocycles. The normalized spacial score (nSPS) is 25.2. The Hall–Kier alpha value is -2.63. The van der Waals surface area contributed by atoms with Gasteiger partial charge in [0, 0.05) is 18.9 Å². The van der Waals surface area contributed by atoms with Crippen molar-refractivity contribution in [3.63, 3.8) is 0 Å². The molecule has 0 unspecified atom stereocenters. The number of carboxylic acids is 1. The van der Waals surface area contributed by atoms with Crippen LogP contribution in [0.25, 0.3) is 0 Å². The Balaban J connectivity index is 1.75. The van der Waals surface area contributed by atoms with Gasteiger partial charge in [0.15, 0.2) is 5.82 Å². The summed E-state index contributed by atoms with van der Waals surface area (Å²) >= 11 is 0. The van der Waals surface area contributed by atoms with Crippen molar-refractivity contribution in [2.24, 2.45) is 11.8 Å². The molecule has 0 spiro atoms. The van der Waals surface area contributed by atoms with Gasteiger partial charge in [-0.3, -0.25) is 14.2 Å². The van der Waals surface area contributed by atoms with Crippen LogP contribution >= 0.6 is 0 Å². The first kappa shape index (κ1) is 14.9. The van der Waals surface area contributed by atoms with Gasteiger partial charge in [-0.25, -0.2) is 4.98 Å². The first-order valence-electron chi connectivity index (χ1n) is 8.24. The van der Waals surface area contributed by atoms with Gasteiger partial charge >= 0.3 is 5.97 Å². The molecule has 1 aliphatic carbocycles. The standard InChI is InChI=1S/C18H19N3O3/c22-15(23)11-20-9-8-19-17(18(20)24)21-10-13-6-7-14(13)16(21)12-4-2-1-3-5-12/h1-5,8-9,13-14,16H,6-7,10-11H2,(H,22,23)/t13-,14-,16-/m0/s1. The summed E-state index contributed by atoms with van der Waals surface area (Å²) in [5, 5.41) is 8.98. The summed E-state index contributed by atoms with van der Waals surface area (Å²) in [5.41, 5.74) is 0.863. The van der Waals surface area contributed by atoms with Crippen molar-refractivity contribution in [1.82, 2.24) is 9.55 Å². The number of carboxylic acid groups (broad SMARTS) is 1. The van der Waals surface area contributed by atoms with Crippen molar-refractivity contribution in [3.05, 3.63) is 58.6 Å². The van der Waals surface area contributed by atoms with Gasteiger partial charge in [0.25, 0.3) is 5.56 Å². The smallest absolute Gasteiger partial charge is 0.323 e. The summed E-state index contributed by atoms with van der Waals surface area (Å²) in [6.07, 6.45) is 5.29. The molecule has 2 aromatic rings. The Bertz CT molecular complexity index is 818. The van der Waals surface area contributed by atoms with Gasteiger partial charge in [-0.1, -0.05) is 30.3 Å². The minimum Gasteiger partial charge on any atom is -0.480 e. The molecule has 1 aromatic heterocycles. The number of benzene rings is 1. The third-order valence-electron chi connectivity index (χ3n) is 5.26. The zero-order chi connectivity index (χ0) is 16.7. The molecule has 1 N–H and O–H groups in total. The molecule has 24 heavy (non-hydrogen) atoms. The molecule has 1 saturated heterocycles. The first-order chi connectivity index (χ1) is 11.6. The first-order valence-corrected chi connectivity index (χ1v) is 8.24. The van der Waals surface area contributed by atoms with Crippen LogP contribution in [0, 0.1) is 11.8 Å². The van der Waals surface area contributed by atoms with E-state index in [4.69, 9.17) is 5.11 Å². The number of hydrogen-bond donors (Lipinski definition) is 1. The van der Waals surface area contributed by atoms with Gasteiger partial charge in [-0.15, -0.1) is 0 Å². The van der Waals surface area contributed by atoms with E-state index >= 15 is 0 Å². The number of rotatable bonds is 4. The van der Waals surface area contributed by atoms with Gasteiger partial charge in [-0.2, -0.15) is 0 Å². The number of carbonyl (C=O) groups is 1. The maximum absolute atomic E-state index is 12.7. The summed E-state index contributed by atoms with van der Waals surface area (Å²) in [4.78, 5) is 30.0. The van der Waals surface area contributed by atoms with E-state index in [-0.39, 0.29) is 18.1 Å². The van der Waals surface area contributed by atoms with Crippen LogP contribution in [-0.2, 0) is 11.3 Å². The summed E-state index contributed by atoms with van der Waals surface area (Å²) < 4.78 is 1.22. The minimum absolute atomic E-state index is 0.144. The van der Waals surface area contributed by atoms with Crippen LogP contribution in [0.4, 0.5) is 5.82 Å². The molecule has 124 valence electrons. The molecule has 1 saturated carbocycles. The van der Waals surface area contributed by atoms with E-state index in [0.717, 1.165) is 13.0 Å². The zero-order valence-corrected chi connectivity index (χ0v) is 13.2. The topological polar surface area (TPSA) is 75.4 Å². The summed E-state index contributed by atoms with van der Waals surface area (Å²) in [7, 11) is 0. The van der Waals surface area contributed by atoms with Crippen molar-refractivity contribution >= 4 is 11.8 Å². The highest BCUT2D eigenvalue weighted by Gasteiger charge is 2.48. The van der Waals surface area contributed by atoms with E-state index < -0.39 is 5.97 Å².